The Balaban J connectivity index is 1.67. The Kier molecular flexibility index (Phi) is 6.65. The molecule has 0 radical (unpaired) electrons. The molecule has 2 aromatic heterocycles. The van der Waals surface area contributed by atoms with Crippen molar-refractivity contribution in [2.24, 2.45) is 0 Å². The number of sulfone groups is 1. The molecule has 2 heterocycles. The van der Waals surface area contributed by atoms with Crippen LogP contribution in [-0.2, 0) is 16.4 Å². The number of nitrogens with zero attached hydrogens (tertiary/aromatic N) is 4. The van der Waals surface area contributed by atoms with Crippen molar-refractivity contribution in [2.75, 3.05) is 12.8 Å². The van der Waals surface area contributed by atoms with Crippen LogP contribution in [0.15, 0.2) is 58.0 Å². The fourth-order valence-electron chi connectivity index (χ4n) is 3.24. The second kappa shape index (κ2) is 9.49. The number of benzene rings is 2. The van der Waals surface area contributed by atoms with Gasteiger partial charge in [0.25, 0.3) is 5.89 Å². The molecule has 0 atom stereocenters. The summed E-state index contributed by atoms with van der Waals surface area (Å²) in [5.41, 5.74) is 9.00. The maximum atomic E-state index is 12.5. The molecule has 0 saturated carbocycles. The summed E-state index contributed by atoms with van der Waals surface area (Å²) < 4.78 is 30.7. The lowest BCUT2D eigenvalue weighted by atomic mass is 10.1. The van der Waals surface area contributed by atoms with Gasteiger partial charge in [-0.25, -0.2) is 18.4 Å². The van der Waals surface area contributed by atoms with Gasteiger partial charge in [-0.05, 0) is 56.8 Å². The zero-order chi connectivity index (χ0) is 24.5. The van der Waals surface area contributed by atoms with E-state index in [1.807, 2.05) is 31.3 Å². The van der Waals surface area contributed by atoms with Crippen molar-refractivity contribution in [1.82, 2.24) is 25.5 Å². The van der Waals surface area contributed by atoms with Gasteiger partial charge < -0.3 is 15.5 Å². The third-order valence-corrected chi connectivity index (χ3v) is 7.64. The van der Waals surface area contributed by atoms with Crippen molar-refractivity contribution in [2.45, 2.75) is 30.5 Å². The summed E-state index contributed by atoms with van der Waals surface area (Å²) >= 11 is 6.41. The summed E-state index contributed by atoms with van der Waals surface area (Å²) in [5.74, 6) is 0.536. The van der Waals surface area contributed by atoms with Crippen LogP contribution in [0.3, 0.4) is 0 Å². The summed E-state index contributed by atoms with van der Waals surface area (Å²) in [6, 6.07) is 12.2. The van der Waals surface area contributed by atoms with Crippen LogP contribution in [0.1, 0.15) is 19.4 Å². The van der Waals surface area contributed by atoms with Crippen LogP contribution in [0.5, 0.6) is 0 Å². The maximum absolute atomic E-state index is 12.5. The lowest BCUT2D eigenvalue weighted by Gasteiger charge is -2.11. The molecule has 0 saturated heterocycles. The Morgan fingerprint density at radius 1 is 1.09 bits per heavy atom. The topological polar surface area (TPSA) is 137 Å². The van der Waals surface area contributed by atoms with Gasteiger partial charge in [-0.1, -0.05) is 23.7 Å². The predicted molar refractivity (Wildman–Crippen MR) is 131 cm³/mol. The highest BCUT2D eigenvalue weighted by atomic mass is 35.5. The third kappa shape index (κ3) is 4.65. The lowest BCUT2D eigenvalue weighted by Crippen LogP contribution is -2.13. The SMILES string of the molecule is CNCc1ccc(-c2nnc(-c3nc(-c4ccc(S(=O)(=O)C(C)C)cc4Cl)cnc3N)o2)cc1. The molecular formula is C23H23ClN6O3S. The lowest BCUT2D eigenvalue weighted by molar-refractivity contribution is 0.582. The first-order chi connectivity index (χ1) is 16.2. The molecule has 11 heteroatoms. The number of nitrogens with one attached hydrogen (secondary N) is 1. The fraction of sp³-hybridized carbons (Fsp3) is 0.217. The van der Waals surface area contributed by atoms with Crippen molar-refractivity contribution >= 4 is 27.3 Å². The second-order valence-corrected chi connectivity index (χ2v) is 10.8. The zero-order valence-electron chi connectivity index (χ0n) is 18.8. The second-order valence-electron chi connectivity index (χ2n) is 7.86. The van der Waals surface area contributed by atoms with Gasteiger partial charge in [0.15, 0.2) is 21.3 Å². The van der Waals surface area contributed by atoms with Crippen LogP contribution >= 0.6 is 11.6 Å². The average Bonchev–Trinajstić information content (AvgIpc) is 3.30. The van der Waals surface area contributed by atoms with Gasteiger partial charge in [-0.3, -0.25) is 0 Å². The molecule has 3 N–H and O–H groups in total. The molecule has 9 nitrogen and oxygen atoms in total. The van der Waals surface area contributed by atoms with Gasteiger partial charge in [-0.15, -0.1) is 10.2 Å². The fourth-order valence-corrected chi connectivity index (χ4v) is 4.67. The van der Waals surface area contributed by atoms with Gasteiger partial charge in [0.05, 0.1) is 27.1 Å². The first-order valence-electron chi connectivity index (χ1n) is 10.4. The number of nitrogen functional groups attached to an aromatic ring is 1. The van der Waals surface area contributed by atoms with E-state index in [1.165, 1.54) is 18.3 Å². The standard InChI is InChI=1S/C23H23ClN6O3S/c1-13(2)34(31,32)16-8-9-17(18(24)10-16)19-12-27-21(25)20(28-19)23-30-29-22(33-23)15-6-4-14(5-7-15)11-26-3/h4-10,12-13,26H,11H2,1-3H3,(H2,25,27). The summed E-state index contributed by atoms with van der Waals surface area (Å²) in [5, 5.41) is 10.9. The number of halogens is 1. The smallest absolute Gasteiger partial charge is 0.270 e. The molecule has 0 amide bonds. The van der Waals surface area contributed by atoms with E-state index in [1.54, 1.807) is 19.9 Å². The minimum Gasteiger partial charge on any atom is -0.414 e. The monoisotopic (exact) mass is 498 g/mol. The molecule has 34 heavy (non-hydrogen) atoms. The molecule has 4 aromatic rings. The highest BCUT2D eigenvalue weighted by molar-refractivity contribution is 7.92. The van der Waals surface area contributed by atoms with Gasteiger partial charge in [0, 0.05) is 17.7 Å². The molecule has 2 aromatic carbocycles. The minimum absolute atomic E-state index is 0.108. The molecule has 0 spiro atoms. The van der Waals surface area contributed by atoms with E-state index in [4.69, 9.17) is 21.8 Å². The van der Waals surface area contributed by atoms with Crippen LogP contribution in [0.25, 0.3) is 34.3 Å². The van der Waals surface area contributed by atoms with Crippen molar-refractivity contribution in [3.8, 4) is 34.3 Å². The Labute approximate surface area is 202 Å². The molecule has 176 valence electrons. The highest BCUT2D eigenvalue weighted by Gasteiger charge is 2.22. The summed E-state index contributed by atoms with van der Waals surface area (Å²) in [6.07, 6.45) is 1.45. The predicted octanol–water partition coefficient (Wildman–Crippen LogP) is 4.00. The quantitative estimate of drug-likeness (QED) is 0.387. The van der Waals surface area contributed by atoms with Crippen molar-refractivity contribution in [3.63, 3.8) is 0 Å². The number of nitrogens with two attached hydrogens (primary N) is 1. The van der Waals surface area contributed by atoms with E-state index in [0.717, 1.165) is 17.7 Å². The van der Waals surface area contributed by atoms with E-state index in [9.17, 15) is 8.42 Å². The third-order valence-electron chi connectivity index (χ3n) is 5.18. The Morgan fingerprint density at radius 2 is 1.79 bits per heavy atom. The summed E-state index contributed by atoms with van der Waals surface area (Å²) in [4.78, 5) is 8.85. The molecule has 0 unspecified atom stereocenters. The first kappa shape index (κ1) is 23.8. The number of hydrogen-bond donors (Lipinski definition) is 2. The van der Waals surface area contributed by atoms with E-state index >= 15 is 0 Å². The van der Waals surface area contributed by atoms with Crippen LogP contribution in [0, 0.1) is 0 Å². The number of aromatic nitrogens is 4. The van der Waals surface area contributed by atoms with Crippen molar-refractivity contribution in [3.05, 3.63) is 59.2 Å². The van der Waals surface area contributed by atoms with E-state index in [0.29, 0.717) is 17.1 Å². The van der Waals surface area contributed by atoms with Gasteiger partial charge in [0.1, 0.15) is 0 Å². The first-order valence-corrected chi connectivity index (χ1v) is 12.4. The van der Waals surface area contributed by atoms with Crippen molar-refractivity contribution < 1.29 is 12.8 Å². The van der Waals surface area contributed by atoms with Crippen LogP contribution in [-0.4, -0.2) is 40.9 Å². The number of rotatable bonds is 7. The maximum Gasteiger partial charge on any atom is 0.270 e. The molecule has 0 aliphatic carbocycles. The average molecular weight is 499 g/mol. The van der Waals surface area contributed by atoms with Crippen LogP contribution in [0.4, 0.5) is 5.82 Å². The molecular weight excluding hydrogens is 476 g/mol. The highest BCUT2D eigenvalue weighted by Crippen LogP contribution is 2.33. The van der Waals surface area contributed by atoms with Gasteiger partial charge in [0.2, 0.25) is 5.89 Å². The summed E-state index contributed by atoms with van der Waals surface area (Å²) in [6.45, 7) is 3.98. The molecule has 0 aliphatic rings. The van der Waals surface area contributed by atoms with Crippen LogP contribution in [0.2, 0.25) is 5.02 Å². The zero-order valence-corrected chi connectivity index (χ0v) is 20.4. The molecule has 0 fully saturated rings. The minimum atomic E-state index is -3.46. The Morgan fingerprint density at radius 3 is 2.44 bits per heavy atom. The van der Waals surface area contributed by atoms with E-state index < -0.39 is 15.1 Å². The summed E-state index contributed by atoms with van der Waals surface area (Å²) in [7, 11) is -1.58. The van der Waals surface area contributed by atoms with Gasteiger partial charge in [-0.2, -0.15) is 0 Å². The Hall–Kier alpha value is -3.34. The normalized spacial score (nSPS) is 11.8. The van der Waals surface area contributed by atoms with Crippen molar-refractivity contribution in [1.29, 1.82) is 0 Å². The van der Waals surface area contributed by atoms with Gasteiger partial charge >= 0.3 is 0 Å². The Bertz CT molecular complexity index is 1440. The number of hydrogen-bond acceptors (Lipinski definition) is 9. The van der Waals surface area contributed by atoms with Crippen LogP contribution < -0.4 is 11.1 Å². The number of anilines is 1. The largest absolute Gasteiger partial charge is 0.414 e. The van der Waals surface area contributed by atoms with E-state index in [-0.39, 0.29) is 27.3 Å². The molecule has 0 aliphatic heterocycles. The molecule has 0 bridgehead atoms. The van der Waals surface area contributed by atoms with E-state index in [2.05, 4.69) is 25.5 Å². The molecule has 4 rings (SSSR count).